The third-order valence-corrected chi connectivity index (χ3v) is 6.46. The SMILES string of the molecule is Cc1ccc(C2=NO[C@H]3[C@@H]2C(=O)N2CC4C=CCc5cccc(c54)[C@H]32)cc1. The molecule has 4 atom stereocenters. The van der Waals surface area contributed by atoms with Crippen LogP contribution in [-0.2, 0) is 16.1 Å². The Morgan fingerprint density at radius 3 is 2.85 bits per heavy atom. The summed E-state index contributed by atoms with van der Waals surface area (Å²) in [6.45, 7) is 2.80. The molecule has 2 aromatic rings. The van der Waals surface area contributed by atoms with Crippen LogP contribution in [0.15, 0.2) is 59.8 Å². The van der Waals surface area contributed by atoms with Crippen LogP contribution in [0.4, 0.5) is 0 Å². The van der Waals surface area contributed by atoms with E-state index in [1.54, 1.807) is 0 Å². The van der Waals surface area contributed by atoms with Crippen molar-refractivity contribution in [1.29, 1.82) is 0 Å². The van der Waals surface area contributed by atoms with Crippen LogP contribution in [0.3, 0.4) is 0 Å². The maximum atomic E-state index is 13.4. The highest BCUT2D eigenvalue weighted by Crippen LogP contribution is 2.50. The first-order valence-corrected chi connectivity index (χ1v) is 9.62. The van der Waals surface area contributed by atoms with Gasteiger partial charge in [-0.1, -0.05) is 65.3 Å². The van der Waals surface area contributed by atoms with Gasteiger partial charge in [0.1, 0.15) is 11.6 Å². The van der Waals surface area contributed by atoms with Crippen LogP contribution in [0.25, 0.3) is 0 Å². The number of oxime groups is 1. The molecule has 4 heteroatoms. The van der Waals surface area contributed by atoms with Crippen LogP contribution in [0, 0.1) is 12.8 Å². The van der Waals surface area contributed by atoms with E-state index in [-0.39, 0.29) is 24.0 Å². The molecule has 6 rings (SSSR count). The zero-order chi connectivity index (χ0) is 18.1. The Bertz CT molecular complexity index is 1020. The molecule has 4 nitrogen and oxygen atoms in total. The van der Waals surface area contributed by atoms with Gasteiger partial charge in [-0.2, -0.15) is 0 Å². The lowest BCUT2D eigenvalue weighted by molar-refractivity contribution is -0.131. The Hall–Kier alpha value is -2.88. The summed E-state index contributed by atoms with van der Waals surface area (Å²) in [4.78, 5) is 21.3. The van der Waals surface area contributed by atoms with Crippen LogP contribution < -0.4 is 0 Å². The molecule has 1 amide bonds. The molecule has 1 aliphatic carbocycles. The third-order valence-electron chi connectivity index (χ3n) is 6.46. The van der Waals surface area contributed by atoms with Gasteiger partial charge in [0, 0.05) is 18.0 Å². The third kappa shape index (κ3) is 1.98. The van der Waals surface area contributed by atoms with Crippen LogP contribution in [0.5, 0.6) is 0 Å². The predicted octanol–water partition coefficient (Wildman–Crippen LogP) is 3.51. The number of amides is 1. The monoisotopic (exact) mass is 356 g/mol. The fourth-order valence-electron chi connectivity index (χ4n) is 5.23. The van der Waals surface area contributed by atoms with Gasteiger partial charge in [0.05, 0.1) is 6.04 Å². The minimum atomic E-state index is -0.308. The first kappa shape index (κ1) is 15.2. The quantitative estimate of drug-likeness (QED) is 0.734. The number of nitrogens with zero attached hydrogens (tertiary/aromatic N) is 2. The van der Waals surface area contributed by atoms with E-state index >= 15 is 0 Å². The second-order valence-corrected chi connectivity index (χ2v) is 7.98. The lowest BCUT2D eigenvalue weighted by atomic mass is 9.78. The van der Waals surface area contributed by atoms with Crippen molar-refractivity contribution in [1.82, 2.24) is 4.90 Å². The highest BCUT2D eigenvalue weighted by atomic mass is 16.6. The van der Waals surface area contributed by atoms with Crippen molar-refractivity contribution >= 4 is 11.6 Å². The summed E-state index contributed by atoms with van der Waals surface area (Å²) < 4.78 is 0. The summed E-state index contributed by atoms with van der Waals surface area (Å²) >= 11 is 0. The average Bonchev–Trinajstić information content (AvgIpc) is 3.23. The van der Waals surface area contributed by atoms with E-state index in [1.165, 1.54) is 22.3 Å². The van der Waals surface area contributed by atoms with Crippen LogP contribution >= 0.6 is 0 Å². The van der Waals surface area contributed by atoms with Gasteiger partial charge in [-0.25, -0.2) is 0 Å². The van der Waals surface area contributed by atoms with Crippen LogP contribution in [-0.4, -0.2) is 29.2 Å². The number of fused-ring (bicyclic) bond motifs is 4. The fraction of sp³-hybridized carbons (Fsp3) is 0.304. The second-order valence-electron chi connectivity index (χ2n) is 7.98. The summed E-state index contributed by atoms with van der Waals surface area (Å²) in [5.41, 5.74) is 6.99. The summed E-state index contributed by atoms with van der Waals surface area (Å²) in [6, 6.07) is 14.7. The number of carbonyl (C=O) groups excluding carboxylic acids is 1. The maximum absolute atomic E-state index is 13.4. The normalized spacial score (nSPS) is 29.7. The van der Waals surface area contributed by atoms with Gasteiger partial charge in [0.25, 0.3) is 0 Å². The standard InChI is InChI=1S/C23H20N2O2/c1-13-8-10-15(11-9-13)20-19-22(27-24-20)21-17-7-3-5-14-4-2-6-16(18(14)17)12-25(21)23(19)26/h2-3,5-11,16,19,21-22H,4,12H2,1H3/t16?,19-,21-,22+/m1/s1. The number of aryl methyl sites for hydroxylation is 1. The Balaban J connectivity index is 1.44. The van der Waals surface area contributed by atoms with E-state index in [1.807, 2.05) is 17.0 Å². The van der Waals surface area contributed by atoms with Crippen molar-refractivity contribution in [2.45, 2.75) is 31.4 Å². The molecule has 0 radical (unpaired) electrons. The molecule has 0 bridgehead atoms. The van der Waals surface area contributed by atoms with E-state index in [0.29, 0.717) is 5.92 Å². The molecule has 4 aliphatic rings. The van der Waals surface area contributed by atoms with E-state index in [4.69, 9.17) is 4.84 Å². The van der Waals surface area contributed by atoms with Gasteiger partial charge in [0.2, 0.25) is 5.91 Å². The van der Waals surface area contributed by atoms with Gasteiger partial charge < -0.3 is 9.74 Å². The number of carbonyl (C=O) groups is 1. The van der Waals surface area contributed by atoms with E-state index < -0.39 is 0 Å². The van der Waals surface area contributed by atoms with Gasteiger partial charge in [-0.3, -0.25) is 4.79 Å². The highest BCUT2D eigenvalue weighted by molar-refractivity contribution is 6.15. The molecule has 134 valence electrons. The van der Waals surface area contributed by atoms with Gasteiger partial charge >= 0.3 is 0 Å². The van der Waals surface area contributed by atoms with Gasteiger partial charge in [-0.05, 0) is 30.0 Å². The molecule has 27 heavy (non-hydrogen) atoms. The van der Waals surface area contributed by atoms with Crippen molar-refractivity contribution < 1.29 is 9.63 Å². The molecule has 2 aromatic carbocycles. The lowest BCUT2D eigenvalue weighted by Gasteiger charge is -2.39. The van der Waals surface area contributed by atoms with Crippen molar-refractivity contribution in [2.75, 3.05) is 6.54 Å². The summed E-state index contributed by atoms with van der Waals surface area (Å²) in [6.07, 6.45) is 5.24. The molecule has 1 unspecified atom stereocenters. The lowest BCUT2D eigenvalue weighted by Crippen LogP contribution is -2.40. The Morgan fingerprint density at radius 2 is 2.00 bits per heavy atom. The zero-order valence-electron chi connectivity index (χ0n) is 15.1. The number of allylic oxidation sites excluding steroid dienone is 1. The number of hydrogen-bond donors (Lipinski definition) is 0. The van der Waals surface area contributed by atoms with E-state index in [0.717, 1.165) is 24.2 Å². The Kier molecular flexibility index (Phi) is 2.99. The topological polar surface area (TPSA) is 41.9 Å². The minimum Gasteiger partial charge on any atom is -0.388 e. The Morgan fingerprint density at radius 1 is 1.15 bits per heavy atom. The molecule has 1 saturated heterocycles. The smallest absolute Gasteiger partial charge is 0.236 e. The number of hydrogen-bond acceptors (Lipinski definition) is 3. The number of rotatable bonds is 1. The highest BCUT2D eigenvalue weighted by Gasteiger charge is 2.58. The average molecular weight is 356 g/mol. The van der Waals surface area contributed by atoms with E-state index in [9.17, 15) is 4.79 Å². The second kappa shape index (κ2) is 5.32. The first-order valence-electron chi connectivity index (χ1n) is 9.62. The van der Waals surface area contributed by atoms with Crippen molar-refractivity contribution in [3.05, 3.63) is 82.4 Å². The molecule has 0 saturated carbocycles. The predicted molar refractivity (Wildman–Crippen MR) is 103 cm³/mol. The molecule has 0 aromatic heterocycles. The summed E-state index contributed by atoms with van der Waals surface area (Å²) in [7, 11) is 0. The van der Waals surface area contributed by atoms with Crippen molar-refractivity contribution in [3.63, 3.8) is 0 Å². The summed E-state index contributed by atoms with van der Waals surface area (Å²) in [5.74, 6) is 0.137. The van der Waals surface area contributed by atoms with Crippen molar-refractivity contribution in [3.8, 4) is 0 Å². The fourth-order valence-corrected chi connectivity index (χ4v) is 5.23. The molecule has 0 spiro atoms. The Labute approximate surface area is 158 Å². The first-order chi connectivity index (χ1) is 13.2. The van der Waals surface area contributed by atoms with Gasteiger partial charge in [0.15, 0.2) is 6.10 Å². The molecule has 3 aliphatic heterocycles. The summed E-state index contributed by atoms with van der Waals surface area (Å²) in [5, 5.41) is 4.37. The van der Waals surface area contributed by atoms with Crippen LogP contribution in [0.1, 0.15) is 39.8 Å². The molecule has 0 N–H and O–H groups in total. The molecular weight excluding hydrogens is 336 g/mol. The molecule has 1 fully saturated rings. The zero-order valence-corrected chi connectivity index (χ0v) is 15.1. The molecular formula is C23H20N2O2. The molecule has 3 heterocycles. The number of benzene rings is 2. The minimum absolute atomic E-state index is 0.0353. The maximum Gasteiger partial charge on any atom is 0.236 e. The van der Waals surface area contributed by atoms with Crippen LogP contribution in [0.2, 0.25) is 0 Å². The largest absolute Gasteiger partial charge is 0.388 e. The van der Waals surface area contributed by atoms with E-state index in [2.05, 4.69) is 54.6 Å². The van der Waals surface area contributed by atoms with Crippen molar-refractivity contribution in [2.24, 2.45) is 11.1 Å². The van der Waals surface area contributed by atoms with Gasteiger partial charge in [-0.15, -0.1) is 0 Å².